The van der Waals surface area contributed by atoms with Gasteiger partial charge in [0.05, 0.1) is 0 Å². The molecule has 0 radical (unpaired) electrons. The van der Waals surface area contributed by atoms with Crippen LogP contribution in [0.1, 0.15) is 10.4 Å². The maximum absolute atomic E-state index is 11.2. The zero-order valence-corrected chi connectivity index (χ0v) is 7.18. The number of aliphatic carboxylic acids is 1. The molecule has 1 aromatic rings. The van der Waals surface area contributed by atoms with E-state index in [1.807, 2.05) is 0 Å². The Morgan fingerprint density at radius 1 is 1.07 bits per heavy atom. The molecule has 0 saturated heterocycles. The highest BCUT2D eigenvalue weighted by Crippen LogP contribution is 2.10. The van der Waals surface area contributed by atoms with E-state index in [0.717, 1.165) is 12.2 Å². The van der Waals surface area contributed by atoms with Crippen LogP contribution in [-0.4, -0.2) is 22.0 Å². The maximum Gasteiger partial charge on any atom is 0.328 e. The molecule has 0 bridgehead atoms. The number of carboxylic acids is 1. The Labute approximate surface area is 80.1 Å². The van der Waals surface area contributed by atoms with Crippen molar-refractivity contribution in [3.63, 3.8) is 0 Å². The molecule has 1 rings (SSSR count). The van der Waals surface area contributed by atoms with Gasteiger partial charge in [-0.3, -0.25) is 4.79 Å². The van der Waals surface area contributed by atoms with Crippen LogP contribution in [0.3, 0.4) is 0 Å². The molecule has 0 aliphatic rings. The van der Waals surface area contributed by atoms with Gasteiger partial charge in [-0.05, 0) is 30.3 Å². The van der Waals surface area contributed by atoms with Crippen LogP contribution in [0.4, 0.5) is 0 Å². The quantitative estimate of drug-likeness (QED) is 0.557. The van der Waals surface area contributed by atoms with Crippen molar-refractivity contribution in [1.29, 1.82) is 0 Å². The van der Waals surface area contributed by atoms with E-state index >= 15 is 0 Å². The largest absolute Gasteiger partial charge is 0.508 e. The third-order valence-corrected chi connectivity index (χ3v) is 1.53. The van der Waals surface area contributed by atoms with E-state index < -0.39 is 11.8 Å². The molecule has 4 heteroatoms. The summed E-state index contributed by atoms with van der Waals surface area (Å²) in [6.07, 6.45) is 1.74. The first-order chi connectivity index (χ1) is 6.59. The first-order valence-electron chi connectivity index (χ1n) is 3.84. The summed E-state index contributed by atoms with van der Waals surface area (Å²) >= 11 is 0. The molecule has 0 aromatic heterocycles. The molecule has 72 valence electrons. The lowest BCUT2D eigenvalue weighted by Crippen LogP contribution is -1.95. The Bertz CT molecular complexity index is 376. The molecule has 0 heterocycles. The first-order valence-corrected chi connectivity index (χ1v) is 3.84. The number of rotatable bonds is 3. The molecule has 0 fully saturated rings. The molecule has 0 atom stereocenters. The number of benzene rings is 1. The summed E-state index contributed by atoms with van der Waals surface area (Å²) in [7, 11) is 0. The Morgan fingerprint density at radius 3 is 2.14 bits per heavy atom. The van der Waals surface area contributed by atoms with Crippen molar-refractivity contribution in [2.24, 2.45) is 0 Å². The van der Waals surface area contributed by atoms with Crippen molar-refractivity contribution in [3.05, 3.63) is 42.0 Å². The standard InChI is InChI=1S/C10H8O4/c11-8-3-1-7(2-4-8)9(12)5-6-10(13)14/h1-6,11H,(H,13,14). The lowest BCUT2D eigenvalue weighted by molar-refractivity contribution is -0.131. The molecule has 4 nitrogen and oxygen atoms in total. The van der Waals surface area contributed by atoms with Gasteiger partial charge in [-0.2, -0.15) is 0 Å². The number of ketones is 1. The molecule has 1 aromatic carbocycles. The molecule has 0 aliphatic heterocycles. The minimum absolute atomic E-state index is 0.0590. The Balaban J connectivity index is 2.80. The van der Waals surface area contributed by atoms with Crippen molar-refractivity contribution < 1.29 is 19.8 Å². The third kappa shape index (κ3) is 2.75. The molecule has 0 saturated carbocycles. The zero-order chi connectivity index (χ0) is 10.6. The number of carbonyl (C=O) groups excluding carboxylic acids is 1. The monoisotopic (exact) mass is 192 g/mol. The second kappa shape index (κ2) is 4.23. The number of phenolic OH excluding ortho intramolecular Hbond substituents is 1. The molecule has 0 unspecified atom stereocenters. The fourth-order valence-corrected chi connectivity index (χ4v) is 0.869. The number of hydrogen-bond acceptors (Lipinski definition) is 3. The van der Waals surface area contributed by atoms with E-state index in [1.54, 1.807) is 0 Å². The minimum Gasteiger partial charge on any atom is -0.508 e. The van der Waals surface area contributed by atoms with Gasteiger partial charge in [0.2, 0.25) is 0 Å². The normalized spacial score (nSPS) is 10.3. The highest BCUT2D eigenvalue weighted by Gasteiger charge is 2.01. The Morgan fingerprint density at radius 2 is 1.64 bits per heavy atom. The van der Waals surface area contributed by atoms with Crippen LogP contribution in [0.25, 0.3) is 0 Å². The minimum atomic E-state index is -1.17. The molecule has 0 spiro atoms. The maximum atomic E-state index is 11.2. The molecular formula is C10H8O4. The van der Waals surface area contributed by atoms with Crippen LogP contribution >= 0.6 is 0 Å². The van der Waals surface area contributed by atoms with Crippen LogP contribution in [0.5, 0.6) is 5.75 Å². The van der Waals surface area contributed by atoms with E-state index in [9.17, 15) is 9.59 Å². The first kappa shape index (κ1) is 9.98. The smallest absolute Gasteiger partial charge is 0.328 e. The summed E-state index contributed by atoms with van der Waals surface area (Å²) in [5, 5.41) is 17.2. The Kier molecular flexibility index (Phi) is 3.01. The van der Waals surface area contributed by atoms with Crippen molar-refractivity contribution in [2.45, 2.75) is 0 Å². The average molecular weight is 192 g/mol. The topological polar surface area (TPSA) is 74.6 Å². The second-order valence-electron chi connectivity index (χ2n) is 2.58. The molecule has 14 heavy (non-hydrogen) atoms. The number of aromatic hydroxyl groups is 1. The second-order valence-corrected chi connectivity index (χ2v) is 2.58. The number of allylic oxidation sites excluding steroid dienone is 1. The van der Waals surface area contributed by atoms with Crippen molar-refractivity contribution in [3.8, 4) is 5.75 Å². The SMILES string of the molecule is O=C(O)C=CC(=O)c1ccc(O)cc1. The molecule has 0 aliphatic carbocycles. The van der Waals surface area contributed by atoms with Gasteiger partial charge in [0.25, 0.3) is 0 Å². The van der Waals surface area contributed by atoms with Gasteiger partial charge in [-0.25, -0.2) is 4.79 Å². The number of phenols is 1. The number of carbonyl (C=O) groups is 2. The summed E-state index contributed by atoms with van der Waals surface area (Å²) in [5.74, 6) is -1.52. The van der Waals surface area contributed by atoms with Crippen LogP contribution in [-0.2, 0) is 4.79 Å². The number of carboxylic acid groups (broad SMARTS) is 1. The van der Waals surface area contributed by atoms with Crippen molar-refractivity contribution in [2.75, 3.05) is 0 Å². The summed E-state index contributed by atoms with van der Waals surface area (Å²) in [6.45, 7) is 0. The average Bonchev–Trinajstić information content (AvgIpc) is 2.15. The predicted octanol–water partition coefficient (Wildman–Crippen LogP) is 1.22. The summed E-state index contributed by atoms with van der Waals surface area (Å²) in [5.41, 5.74) is 0.334. The highest BCUT2D eigenvalue weighted by molar-refractivity contribution is 6.06. The van der Waals surface area contributed by atoms with E-state index in [-0.39, 0.29) is 5.75 Å². The van der Waals surface area contributed by atoms with Gasteiger partial charge in [0, 0.05) is 11.6 Å². The summed E-state index contributed by atoms with van der Waals surface area (Å²) < 4.78 is 0. The predicted molar refractivity (Wildman–Crippen MR) is 49.2 cm³/mol. The van der Waals surface area contributed by atoms with Crippen molar-refractivity contribution >= 4 is 11.8 Å². The van der Waals surface area contributed by atoms with E-state index in [1.165, 1.54) is 24.3 Å². The van der Waals surface area contributed by atoms with E-state index in [2.05, 4.69) is 0 Å². The van der Waals surface area contributed by atoms with Gasteiger partial charge in [-0.1, -0.05) is 0 Å². The van der Waals surface area contributed by atoms with E-state index in [4.69, 9.17) is 10.2 Å². The lowest BCUT2D eigenvalue weighted by atomic mass is 10.1. The summed E-state index contributed by atoms with van der Waals surface area (Å²) in [6, 6.07) is 5.57. The third-order valence-electron chi connectivity index (χ3n) is 1.53. The molecule has 2 N–H and O–H groups in total. The molecular weight excluding hydrogens is 184 g/mol. The number of hydrogen-bond donors (Lipinski definition) is 2. The summed E-state index contributed by atoms with van der Waals surface area (Å²) in [4.78, 5) is 21.3. The van der Waals surface area contributed by atoms with Gasteiger partial charge in [0.15, 0.2) is 5.78 Å². The van der Waals surface area contributed by atoms with Crippen molar-refractivity contribution in [1.82, 2.24) is 0 Å². The van der Waals surface area contributed by atoms with Crippen LogP contribution < -0.4 is 0 Å². The van der Waals surface area contributed by atoms with E-state index in [0.29, 0.717) is 5.56 Å². The van der Waals surface area contributed by atoms with Crippen LogP contribution in [0.15, 0.2) is 36.4 Å². The highest BCUT2D eigenvalue weighted by atomic mass is 16.4. The Hall–Kier alpha value is -2.10. The van der Waals surface area contributed by atoms with Crippen LogP contribution in [0.2, 0.25) is 0 Å². The fourth-order valence-electron chi connectivity index (χ4n) is 0.869. The van der Waals surface area contributed by atoms with Gasteiger partial charge in [0.1, 0.15) is 5.75 Å². The van der Waals surface area contributed by atoms with Gasteiger partial charge in [-0.15, -0.1) is 0 Å². The van der Waals surface area contributed by atoms with Crippen LogP contribution in [0, 0.1) is 0 Å². The molecule has 0 amide bonds. The van der Waals surface area contributed by atoms with Gasteiger partial charge >= 0.3 is 5.97 Å². The zero-order valence-electron chi connectivity index (χ0n) is 7.18. The fraction of sp³-hybridized carbons (Fsp3) is 0. The van der Waals surface area contributed by atoms with Gasteiger partial charge < -0.3 is 10.2 Å². The lowest BCUT2D eigenvalue weighted by Gasteiger charge is -1.94.